The molecule has 18 heavy (non-hydrogen) atoms. The predicted octanol–water partition coefficient (Wildman–Crippen LogP) is 1.87. The van der Waals surface area contributed by atoms with Crippen molar-refractivity contribution in [2.24, 2.45) is 5.73 Å². The number of rotatable bonds is 1. The van der Waals surface area contributed by atoms with Gasteiger partial charge in [0.25, 0.3) is 0 Å². The van der Waals surface area contributed by atoms with Crippen LogP contribution in [0.5, 0.6) is 0 Å². The van der Waals surface area contributed by atoms with Gasteiger partial charge in [-0.25, -0.2) is 9.97 Å². The number of hydrogen-bond donors (Lipinski definition) is 1. The summed E-state index contributed by atoms with van der Waals surface area (Å²) in [4.78, 5) is 11.1. The molecule has 0 unspecified atom stereocenters. The van der Waals surface area contributed by atoms with E-state index in [0.717, 1.165) is 37.1 Å². The molecule has 0 saturated carbocycles. The van der Waals surface area contributed by atoms with Crippen molar-refractivity contribution in [1.82, 2.24) is 9.97 Å². The van der Waals surface area contributed by atoms with Crippen molar-refractivity contribution >= 4 is 16.6 Å². The van der Waals surface area contributed by atoms with Gasteiger partial charge in [-0.1, -0.05) is 6.07 Å². The molecule has 2 aromatic rings. The van der Waals surface area contributed by atoms with E-state index in [1.165, 1.54) is 11.1 Å². The van der Waals surface area contributed by atoms with Crippen LogP contribution in [0.1, 0.15) is 18.5 Å². The summed E-state index contributed by atoms with van der Waals surface area (Å²) in [6.45, 7) is 4.09. The maximum absolute atomic E-state index is 5.97. The van der Waals surface area contributed by atoms with Crippen LogP contribution in [0.3, 0.4) is 0 Å². The molecule has 94 valence electrons. The average Bonchev–Trinajstić information content (AvgIpc) is 2.39. The van der Waals surface area contributed by atoms with Crippen molar-refractivity contribution < 1.29 is 0 Å². The van der Waals surface area contributed by atoms with Gasteiger partial charge in [-0.2, -0.15) is 0 Å². The van der Waals surface area contributed by atoms with Crippen LogP contribution < -0.4 is 10.6 Å². The van der Waals surface area contributed by atoms with Gasteiger partial charge in [0.2, 0.25) is 0 Å². The van der Waals surface area contributed by atoms with Gasteiger partial charge in [0.1, 0.15) is 6.33 Å². The second-order valence-corrected chi connectivity index (χ2v) is 4.95. The lowest BCUT2D eigenvalue weighted by Gasteiger charge is -2.32. The van der Waals surface area contributed by atoms with Crippen LogP contribution in [0.15, 0.2) is 24.5 Å². The van der Waals surface area contributed by atoms with Crippen molar-refractivity contribution in [3.05, 3.63) is 30.2 Å². The fourth-order valence-electron chi connectivity index (χ4n) is 2.65. The first-order valence-electron chi connectivity index (χ1n) is 6.46. The summed E-state index contributed by atoms with van der Waals surface area (Å²) in [5.74, 6) is 0. The maximum Gasteiger partial charge on any atom is 0.116 e. The van der Waals surface area contributed by atoms with Crippen LogP contribution in [-0.2, 0) is 0 Å². The topological polar surface area (TPSA) is 55.0 Å². The number of hydrogen-bond acceptors (Lipinski definition) is 4. The molecule has 0 bridgehead atoms. The first-order valence-corrected chi connectivity index (χ1v) is 6.46. The Labute approximate surface area is 107 Å². The highest BCUT2D eigenvalue weighted by Gasteiger charge is 2.18. The van der Waals surface area contributed by atoms with E-state index < -0.39 is 0 Å². The van der Waals surface area contributed by atoms with Crippen molar-refractivity contribution in [2.45, 2.75) is 25.8 Å². The van der Waals surface area contributed by atoms with Gasteiger partial charge in [0, 0.05) is 30.2 Å². The third kappa shape index (κ3) is 1.93. The Bertz CT molecular complexity index is 553. The fourth-order valence-corrected chi connectivity index (χ4v) is 2.65. The molecule has 1 aromatic heterocycles. The van der Waals surface area contributed by atoms with E-state index in [0.29, 0.717) is 6.04 Å². The number of anilines is 1. The van der Waals surface area contributed by atoms with E-state index in [-0.39, 0.29) is 0 Å². The van der Waals surface area contributed by atoms with Crippen molar-refractivity contribution in [1.29, 1.82) is 0 Å². The highest BCUT2D eigenvalue weighted by atomic mass is 15.1. The standard InChI is InChI=1S/C14H18N4/c1-10-14-12(17-9-16-10)3-2-4-13(14)18-7-5-11(15)6-8-18/h2-4,9,11H,5-8,15H2,1H3. The van der Waals surface area contributed by atoms with Gasteiger partial charge in [-0.15, -0.1) is 0 Å². The van der Waals surface area contributed by atoms with Crippen LogP contribution in [0.4, 0.5) is 5.69 Å². The number of aromatic nitrogens is 2. The average molecular weight is 242 g/mol. The Hall–Kier alpha value is -1.68. The summed E-state index contributed by atoms with van der Waals surface area (Å²) in [5.41, 5.74) is 9.28. The Morgan fingerprint density at radius 3 is 2.78 bits per heavy atom. The zero-order valence-corrected chi connectivity index (χ0v) is 10.6. The monoisotopic (exact) mass is 242 g/mol. The third-order valence-electron chi connectivity index (χ3n) is 3.71. The Morgan fingerprint density at radius 1 is 1.22 bits per heavy atom. The quantitative estimate of drug-likeness (QED) is 0.829. The smallest absolute Gasteiger partial charge is 0.116 e. The first kappa shape index (κ1) is 11.4. The molecule has 0 radical (unpaired) electrons. The summed E-state index contributed by atoms with van der Waals surface area (Å²) in [7, 11) is 0. The lowest BCUT2D eigenvalue weighted by molar-refractivity contribution is 0.502. The van der Waals surface area contributed by atoms with E-state index in [1.807, 2.05) is 13.0 Å². The minimum Gasteiger partial charge on any atom is -0.371 e. The molecule has 1 fully saturated rings. The minimum absolute atomic E-state index is 0.355. The van der Waals surface area contributed by atoms with Gasteiger partial charge in [0.05, 0.1) is 11.2 Å². The molecule has 4 nitrogen and oxygen atoms in total. The van der Waals surface area contributed by atoms with Crippen molar-refractivity contribution in [2.75, 3.05) is 18.0 Å². The van der Waals surface area contributed by atoms with Crippen LogP contribution in [0.2, 0.25) is 0 Å². The van der Waals surface area contributed by atoms with E-state index >= 15 is 0 Å². The number of piperidine rings is 1. The zero-order valence-electron chi connectivity index (χ0n) is 10.6. The first-order chi connectivity index (χ1) is 8.75. The molecule has 1 saturated heterocycles. The van der Waals surface area contributed by atoms with Gasteiger partial charge < -0.3 is 10.6 Å². The molecule has 3 rings (SSSR count). The molecule has 2 N–H and O–H groups in total. The third-order valence-corrected chi connectivity index (χ3v) is 3.71. The number of nitrogens with zero attached hydrogens (tertiary/aromatic N) is 3. The molecule has 1 aromatic carbocycles. The van der Waals surface area contributed by atoms with E-state index in [2.05, 4.69) is 27.0 Å². The molecule has 4 heteroatoms. The molecule has 1 aliphatic heterocycles. The lowest BCUT2D eigenvalue weighted by Crippen LogP contribution is -2.39. The summed E-state index contributed by atoms with van der Waals surface area (Å²) in [5, 5.41) is 1.18. The van der Waals surface area contributed by atoms with E-state index in [9.17, 15) is 0 Å². The van der Waals surface area contributed by atoms with Gasteiger partial charge >= 0.3 is 0 Å². The molecule has 2 heterocycles. The number of nitrogens with two attached hydrogens (primary N) is 1. The molecule has 0 aliphatic carbocycles. The summed E-state index contributed by atoms with van der Waals surface area (Å²) >= 11 is 0. The van der Waals surface area contributed by atoms with Crippen molar-refractivity contribution in [3.63, 3.8) is 0 Å². The predicted molar refractivity (Wildman–Crippen MR) is 73.7 cm³/mol. The highest BCUT2D eigenvalue weighted by Crippen LogP contribution is 2.29. The molecule has 0 atom stereocenters. The Balaban J connectivity index is 2.06. The van der Waals surface area contributed by atoms with Gasteiger partial charge in [-0.3, -0.25) is 0 Å². The molecular weight excluding hydrogens is 224 g/mol. The lowest BCUT2D eigenvalue weighted by atomic mass is 10.0. The second-order valence-electron chi connectivity index (χ2n) is 4.95. The van der Waals surface area contributed by atoms with Crippen LogP contribution >= 0.6 is 0 Å². The van der Waals surface area contributed by atoms with Gasteiger partial charge in [0.15, 0.2) is 0 Å². The maximum atomic E-state index is 5.97. The number of fused-ring (bicyclic) bond motifs is 1. The van der Waals surface area contributed by atoms with Crippen LogP contribution in [0, 0.1) is 6.92 Å². The summed E-state index contributed by atoms with van der Waals surface area (Å²) < 4.78 is 0. The largest absolute Gasteiger partial charge is 0.371 e. The van der Waals surface area contributed by atoms with Crippen molar-refractivity contribution in [3.8, 4) is 0 Å². The molecule has 0 spiro atoms. The Morgan fingerprint density at radius 2 is 2.00 bits per heavy atom. The van der Waals surface area contributed by atoms with Crippen LogP contribution in [-0.4, -0.2) is 29.1 Å². The number of benzene rings is 1. The molecule has 1 aliphatic rings. The second kappa shape index (κ2) is 4.53. The minimum atomic E-state index is 0.355. The highest BCUT2D eigenvalue weighted by molar-refractivity contribution is 5.93. The zero-order chi connectivity index (χ0) is 12.5. The van der Waals surface area contributed by atoms with E-state index in [4.69, 9.17) is 5.73 Å². The summed E-state index contributed by atoms with van der Waals surface area (Å²) in [6, 6.07) is 6.63. The molecule has 0 amide bonds. The SMILES string of the molecule is Cc1ncnc2cccc(N3CCC(N)CC3)c12. The normalized spacial score (nSPS) is 17.3. The molecular formula is C14H18N4. The van der Waals surface area contributed by atoms with E-state index in [1.54, 1.807) is 6.33 Å². The van der Waals surface area contributed by atoms with Crippen LogP contribution in [0.25, 0.3) is 10.9 Å². The Kier molecular flexibility index (Phi) is 2.88. The fraction of sp³-hybridized carbons (Fsp3) is 0.429. The van der Waals surface area contributed by atoms with Gasteiger partial charge in [-0.05, 0) is 31.9 Å². The number of aryl methyl sites for hydroxylation is 1. The summed E-state index contributed by atoms with van der Waals surface area (Å²) in [6.07, 6.45) is 3.75.